The molecular weight excluding hydrogens is 354 g/mol. The zero-order valence-corrected chi connectivity index (χ0v) is 16.2. The van der Waals surface area contributed by atoms with Gasteiger partial charge in [0.2, 0.25) is 0 Å². The molecule has 1 fully saturated rings. The average molecular weight is 379 g/mol. The normalized spacial score (nSPS) is 15.5. The maximum atomic E-state index is 12.8. The number of benzene rings is 2. The highest BCUT2D eigenvalue weighted by molar-refractivity contribution is 6.05. The average Bonchev–Trinajstić information content (AvgIpc) is 3.39. The number of nitrogens with one attached hydrogen (secondary N) is 2. The first kappa shape index (κ1) is 18.3. The minimum atomic E-state index is -0.180. The Morgan fingerprint density at radius 3 is 2.82 bits per heavy atom. The zero-order chi connectivity index (χ0) is 19.5. The predicted molar refractivity (Wildman–Crippen MR) is 108 cm³/mol. The SMILES string of the molecule is COc1cc(C(C)NC(=O)c2cccc3cn[nH]c23)ccc1OC1CCCC1. The van der Waals surface area contributed by atoms with E-state index in [9.17, 15) is 4.79 Å². The molecule has 1 aliphatic carbocycles. The number of hydrogen-bond donors (Lipinski definition) is 2. The maximum Gasteiger partial charge on any atom is 0.253 e. The summed E-state index contributed by atoms with van der Waals surface area (Å²) >= 11 is 0. The quantitative estimate of drug-likeness (QED) is 0.666. The molecule has 6 nitrogen and oxygen atoms in total. The molecule has 146 valence electrons. The molecule has 1 saturated carbocycles. The molecule has 1 amide bonds. The van der Waals surface area contributed by atoms with Gasteiger partial charge in [-0.15, -0.1) is 0 Å². The van der Waals surface area contributed by atoms with Crippen LogP contribution >= 0.6 is 0 Å². The standard InChI is InChI=1S/C22H25N3O3/c1-14(24-22(26)18-9-5-6-16-13-23-25-21(16)18)15-10-11-19(20(12-15)27-2)28-17-7-3-4-8-17/h5-6,9-14,17H,3-4,7-8H2,1-2H3,(H,23,25)(H,24,26). The summed E-state index contributed by atoms with van der Waals surface area (Å²) in [5.74, 6) is 1.31. The van der Waals surface area contributed by atoms with Gasteiger partial charge in [-0.05, 0) is 56.4 Å². The maximum absolute atomic E-state index is 12.8. The van der Waals surface area contributed by atoms with E-state index in [0.717, 1.165) is 35.1 Å². The molecule has 0 radical (unpaired) electrons. The van der Waals surface area contributed by atoms with Gasteiger partial charge in [0.1, 0.15) is 0 Å². The molecule has 1 heterocycles. The van der Waals surface area contributed by atoms with Crippen LogP contribution in [0.5, 0.6) is 11.5 Å². The van der Waals surface area contributed by atoms with Gasteiger partial charge in [-0.2, -0.15) is 5.10 Å². The second kappa shape index (κ2) is 7.92. The molecule has 1 unspecified atom stereocenters. The van der Waals surface area contributed by atoms with Gasteiger partial charge in [0, 0.05) is 5.39 Å². The molecular formula is C22H25N3O3. The second-order valence-electron chi connectivity index (χ2n) is 7.27. The Morgan fingerprint density at radius 1 is 1.21 bits per heavy atom. The van der Waals surface area contributed by atoms with E-state index in [1.165, 1.54) is 12.8 Å². The minimum absolute atomic E-state index is 0.146. The Labute approximate surface area is 164 Å². The number of para-hydroxylation sites is 1. The van der Waals surface area contributed by atoms with Crippen molar-refractivity contribution in [1.82, 2.24) is 15.5 Å². The molecule has 1 atom stereocenters. The number of hydrogen-bond acceptors (Lipinski definition) is 4. The molecule has 6 heteroatoms. The van der Waals surface area contributed by atoms with Gasteiger partial charge in [0.05, 0.1) is 36.5 Å². The van der Waals surface area contributed by atoms with Crippen molar-refractivity contribution in [3.05, 3.63) is 53.7 Å². The van der Waals surface area contributed by atoms with E-state index in [-0.39, 0.29) is 18.1 Å². The smallest absolute Gasteiger partial charge is 0.253 e. The molecule has 1 aromatic heterocycles. The lowest BCUT2D eigenvalue weighted by atomic mass is 10.1. The molecule has 2 aromatic carbocycles. The number of carbonyl (C=O) groups excluding carboxylic acids is 1. The highest BCUT2D eigenvalue weighted by atomic mass is 16.5. The first-order chi connectivity index (χ1) is 13.7. The molecule has 4 rings (SSSR count). The highest BCUT2D eigenvalue weighted by Crippen LogP contribution is 2.33. The number of fused-ring (bicyclic) bond motifs is 1. The van der Waals surface area contributed by atoms with E-state index in [0.29, 0.717) is 11.3 Å². The van der Waals surface area contributed by atoms with Crippen molar-refractivity contribution in [2.75, 3.05) is 7.11 Å². The van der Waals surface area contributed by atoms with Gasteiger partial charge in [0.15, 0.2) is 11.5 Å². The summed E-state index contributed by atoms with van der Waals surface area (Å²) < 4.78 is 11.6. The fourth-order valence-electron chi connectivity index (χ4n) is 3.75. The Balaban J connectivity index is 1.50. The van der Waals surface area contributed by atoms with Crippen LogP contribution < -0.4 is 14.8 Å². The summed E-state index contributed by atoms with van der Waals surface area (Å²) in [6.07, 6.45) is 6.61. The van der Waals surface area contributed by atoms with Crippen molar-refractivity contribution >= 4 is 16.8 Å². The number of methoxy groups -OCH3 is 1. The van der Waals surface area contributed by atoms with Crippen LogP contribution in [0.3, 0.4) is 0 Å². The number of rotatable bonds is 6. The lowest BCUT2D eigenvalue weighted by Gasteiger charge is -2.19. The van der Waals surface area contributed by atoms with Crippen LogP contribution in [-0.2, 0) is 0 Å². The van der Waals surface area contributed by atoms with Crippen molar-refractivity contribution in [3.8, 4) is 11.5 Å². The topological polar surface area (TPSA) is 76.2 Å². The highest BCUT2D eigenvalue weighted by Gasteiger charge is 2.20. The van der Waals surface area contributed by atoms with E-state index in [1.54, 1.807) is 19.4 Å². The fourth-order valence-corrected chi connectivity index (χ4v) is 3.75. The molecule has 0 spiro atoms. The number of aromatic amines is 1. The van der Waals surface area contributed by atoms with Gasteiger partial charge in [0.25, 0.3) is 5.91 Å². The third-order valence-corrected chi connectivity index (χ3v) is 5.35. The van der Waals surface area contributed by atoms with Crippen molar-refractivity contribution < 1.29 is 14.3 Å². The summed E-state index contributed by atoms with van der Waals surface area (Å²) in [7, 11) is 1.64. The monoisotopic (exact) mass is 379 g/mol. The number of amides is 1. The van der Waals surface area contributed by atoms with Crippen LogP contribution in [-0.4, -0.2) is 29.3 Å². The van der Waals surface area contributed by atoms with E-state index in [2.05, 4.69) is 15.5 Å². The van der Waals surface area contributed by atoms with Gasteiger partial charge < -0.3 is 14.8 Å². The van der Waals surface area contributed by atoms with E-state index < -0.39 is 0 Å². The molecule has 1 aliphatic rings. The number of nitrogens with zero attached hydrogens (tertiary/aromatic N) is 1. The van der Waals surface area contributed by atoms with Gasteiger partial charge in [-0.25, -0.2) is 0 Å². The third-order valence-electron chi connectivity index (χ3n) is 5.35. The molecule has 0 bridgehead atoms. The zero-order valence-electron chi connectivity index (χ0n) is 16.2. The van der Waals surface area contributed by atoms with E-state index in [4.69, 9.17) is 9.47 Å². The molecule has 28 heavy (non-hydrogen) atoms. The Bertz CT molecular complexity index is 976. The van der Waals surface area contributed by atoms with Crippen molar-refractivity contribution in [3.63, 3.8) is 0 Å². The van der Waals surface area contributed by atoms with E-state index in [1.807, 2.05) is 37.3 Å². The number of aromatic nitrogens is 2. The first-order valence-electron chi connectivity index (χ1n) is 9.73. The van der Waals surface area contributed by atoms with Crippen LogP contribution in [0.2, 0.25) is 0 Å². The molecule has 0 aliphatic heterocycles. The minimum Gasteiger partial charge on any atom is -0.493 e. The van der Waals surface area contributed by atoms with E-state index >= 15 is 0 Å². The lowest BCUT2D eigenvalue weighted by Crippen LogP contribution is -2.27. The Morgan fingerprint density at radius 2 is 2.04 bits per heavy atom. The third kappa shape index (κ3) is 3.67. The van der Waals surface area contributed by atoms with Gasteiger partial charge in [-0.3, -0.25) is 9.89 Å². The van der Waals surface area contributed by atoms with Crippen LogP contribution in [0, 0.1) is 0 Å². The van der Waals surface area contributed by atoms with Crippen LogP contribution in [0.1, 0.15) is 54.6 Å². The van der Waals surface area contributed by atoms with Gasteiger partial charge >= 0.3 is 0 Å². The van der Waals surface area contributed by atoms with Crippen LogP contribution in [0.15, 0.2) is 42.6 Å². The first-order valence-corrected chi connectivity index (χ1v) is 9.73. The fraction of sp³-hybridized carbons (Fsp3) is 0.364. The predicted octanol–water partition coefficient (Wildman–Crippen LogP) is 4.38. The molecule has 0 saturated heterocycles. The molecule has 2 N–H and O–H groups in total. The van der Waals surface area contributed by atoms with Crippen molar-refractivity contribution in [2.24, 2.45) is 0 Å². The largest absolute Gasteiger partial charge is 0.493 e. The number of H-pyrrole nitrogens is 1. The summed E-state index contributed by atoms with van der Waals surface area (Å²) in [4.78, 5) is 12.8. The molecule has 3 aromatic rings. The second-order valence-corrected chi connectivity index (χ2v) is 7.27. The van der Waals surface area contributed by atoms with Crippen molar-refractivity contribution in [2.45, 2.75) is 44.8 Å². The summed E-state index contributed by atoms with van der Waals surface area (Å²) in [5.41, 5.74) is 2.28. The van der Waals surface area contributed by atoms with Crippen LogP contribution in [0.25, 0.3) is 10.9 Å². The Kier molecular flexibility index (Phi) is 5.19. The summed E-state index contributed by atoms with van der Waals surface area (Å²) in [5, 5.41) is 10.9. The van der Waals surface area contributed by atoms with Gasteiger partial charge in [-0.1, -0.05) is 18.2 Å². The lowest BCUT2D eigenvalue weighted by molar-refractivity contribution is 0.0941. The Hall–Kier alpha value is -3.02. The number of carbonyl (C=O) groups is 1. The van der Waals surface area contributed by atoms with Crippen LogP contribution in [0.4, 0.5) is 0 Å². The van der Waals surface area contributed by atoms with Crippen molar-refractivity contribution in [1.29, 1.82) is 0 Å². The summed E-state index contributed by atoms with van der Waals surface area (Å²) in [6, 6.07) is 11.2. The summed E-state index contributed by atoms with van der Waals surface area (Å²) in [6.45, 7) is 1.96. The number of ether oxygens (including phenoxy) is 2.